The first-order valence-corrected chi connectivity index (χ1v) is 13.2. The summed E-state index contributed by atoms with van der Waals surface area (Å²) in [4.78, 5) is 29.8. The zero-order valence-corrected chi connectivity index (χ0v) is 21.5. The summed E-state index contributed by atoms with van der Waals surface area (Å²) in [7, 11) is 0. The molecule has 6 heteroatoms. The lowest BCUT2D eigenvalue weighted by atomic mass is 9.86. The van der Waals surface area contributed by atoms with Crippen LogP contribution in [0.15, 0.2) is 54.7 Å². The smallest absolute Gasteiger partial charge is 0.255 e. The van der Waals surface area contributed by atoms with Crippen LogP contribution >= 0.6 is 0 Å². The van der Waals surface area contributed by atoms with Crippen LogP contribution in [0, 0.1) is 11.8 Å². The molecule has 2 fully saturated rings. The molecule has 3 heterocycles. The number of allylic oxidation sites excluding steroid dienone is 1. The van der Waals surface area contributed by atoms with E-state index in [1.807, 2.05) is 18.2 Å². The van der Waals surface area contributed by atoms with Crippen LogP contribution in [-0.2, 0) is 24.5 Å². The Labute approximate surface area is 214 Å². The Morgan fingerprint density at radius 1 is 1.06 bits per heavy atom. The number of likely N-dealkylation sites (tertiary alicyclic amines) is 1. The Kier molecular flexibility index (Phi) is 7.15. The molecule has 2 aromatic rings. The number of fused-ring (bicyclic) bond motifs is 1. The first-order chi connectivity index (χ1) is 17.4. The molecule has 190 valence electrons. The van der Waals surface area contributed by atoms with E-state index in [9.17, 15) is 9.59 Å². The standard InChI is InChI=1S/C30H37N3O3/c1-20(2)24-12-14-32(15-13-24)17-22-6-4-7-23(16-22)19-36-28-9-5-8-25-26(28)18-33(30(25)35)27-11-10-21(3)31-29(27)34/h4-9,16,20,24,27H,3,10-15,17-19H2,1-2H3,(H,31,34). The number of hydrogen-bond donors (Lipinski definition) is 1. The molecule has 2 saturated heterocycles. The van der Waals surface area contributed by atoms with Crippen LogP contribution in [0.5, 0.6) is 5.75 Å². The SMILES string of the molecule is C=C1CCC(N2Cc3c(OCc4cccc(CN5CCC(C(C)C)CC5)c4)cccc3C2=O)C(=O)N1. The Bertz CT molecular complexity index is 1150. The second kappa shape index (κ2) is 10.5. The Hall–Kier alpha value is -3.12. The van der Waals surface area contributed by atoms with Gasteiger partial charge in [0.2, 0.25) is 5.91 Å². The molecule has 6 nitrogen and oxygen atoms in total. The quantitative estimate of drug-likeness (QED) is 0.605. The molecule has 0 aromatic heterocycles. The van der Waals surface area contributed by atoms with Crippen LogP contribution in [0.1, 0.15) is 66.6 Å². The van der Waals surface area contributed by atoms with Crippen LogP contribution in [0.25, 0.3) is 0 Å². The van der Waals surface area contributed by atoms with E-state index in [-0.39, 0.29) is 11.8 Å². The average Bonchev–Trinajstić information content (AvgIpc) is 3.20. The number of piperidine rings is 2. The maximum Gasteiger partial charge on any atom is 0.255 e. The van der Waals surface area contributed by atoms with Crippen molar-refractivity contribution >= 4 is 11.8 Å². The van der Waals surface area contributed by atoms with Gasteiger partial charge in [0.25, 0.3) is 5.91 Å². The van der Waals surface area contributed by atoms with E-state index in [4.69, 9.17) is 4.74 Å². The van der Waals surface area contributed by atoms with Gasteiger partial charge >= 0.3 is 0 Å². The molecule has 3 aliphatic heterocycles. The molecule has 1 unspecified atom stereocenters. The van der Waals surface area contributed by atoms with Gasteiger partial charge in [-0.25, -0.2) is 0 Å². The predicted octanol–water partition coefficient (Wildman–Crippen LogP) is 4.88. The van der Waals surface area contributed by atoms with Gasteiger partial charge in [-0.1, -0.05) is 50.8 Å². The van der Waals surface area contributed by atoms with E-state index < -0.39 is 6.04 Å². The second-order valence-corrected chi connectivity index (χ2v) is 10.8. The molecule has 2 aromatic carbocycles. The van der Waals surface area contributed by atoms with Gasteiger partial charge in [-0.05, 0) is 73.9 Å². The molecular formula is C30H37N3O3. The van der Waals surface area contributed by atoms with Crippen molar-refractivity contribution in [3.05, 3.63) is 77.0 Å². The molecule has 0 aliphatic carbocycles. The van der Waals surface area contributed by atoms with Crippen molar-refractivity contribution in [3.8, 4) is 5.75 Å². The minimum absolute atomic E-state index is 0.105. The van der Waals surface area contributed by atoms with Gasteiger partial charge in [0.15, 0.2) is 0 Å². The van der Waals surface area contributed by atoms with Gasteiger partial charge in [-0.15, -0.1) is 0 Å². The van der Waals surface area contributed by atoms with Crippen LogP contribution in [-0.4, -0.2) is 40.7 Å². The molecule has 36 heavy (non-hydrogen) atoms. The summed E-state index contributed by atoms with van der Waals surface area (Å²) in [6, 6.07) is 13.8. The van der Waals surface area contributed by atoms with Gasteiger partial charge in [-0.3, -0.25) is 14.5 Å². The average molecular weight is 488 g/mol. The zero-order chi connectivity index (χ0) is 25.2. The van der Waals surface area contributed by atoms with E-state index in [2.05, 4.69) is 54.9 Å². The van der Waals surface area contributed by atoms with E-state index in [0.29, 0.717) is 43.0 Å². The van der Waals surface area contributed by atoms with Crippen molar-refractivity contribution in [1.29, 1.82) is 0 Å². The predicted molar refractivity (Wildman–Crippen MR) is 140 cm³/mol. The largest absolute Gasteiger partial charge is 0.489 e. The fraction of sp³-hybridized carbons (Fsp3) is 0.467. The van der Waals surface area contributed by atoms with E-state index in [0.717, 1.165) is 42.6 Å². The van der Waals surface area contributed by atoms with Crippen molar-refractivity contribution in [2.75, 3.05) is 13.1 Å². The number of rotatable bonds is 7. The molecule has 5 rings (SSSR count). The summed E-state index contributed by atoms with van der Waals surface area (Å²) in [5, 5.41) is 2.79. The van der Waals surface area contributed by atoms with Crippen molar-refractivity contribution in [2.45, 2.75) is 65.3 Å². The maximum absolute atomic E-state index is 13.1. The molecule has 0 radical (unpaired) electrons. The highest BCUT2D eigenvalue weighted by Crippen LogP contribution is 2.34. The topological polar surface area (TPSA) is 61.9 Å². The molecule has 0 spiro atoms. The highest BCUT2D eigenvalue weighted by Gasteiger charge is 2.39. The third-order valence-corrected chi connectivity index (χ3v) is 8.02. The van der Waals surface area contributed by atoms with Crippen molar-refractivity contribution in [2.24, 2.45) is 11.8 Å². The first kappa shape index (κ1) is 24.6. The minimum Gasteiger partial charge on any atom is -0.489 e. The highest BCUT2D eigenvalue weighted by molar-refractivity contribution is 6.02. The molecule has 1 atom stereocenters. The van der Waals surface area contributed by atoms with E-state index >= 15 is 0 Å². The third-order valence-electron chi connectivity index (χ3n) is 8.02. The summed E-state index contributed by atoms with van der Waals surface area (Å²) < 4.78 is 6.24. The summed E-state index contributed by atoms with van der Waals surface area (Å²) in [6.45, 7) is 12.6. The summed E-state index contributed by atoms with van der Waals surface area (Å²) in [5.74, 6) is 2.08. The number of carbonyl (C=O) groups excluding carboxylic acids is 2. The van der Waals surface area contributed by atoms with Gasteiger partial charge in [0, 0.05) is 23.4 Å². The molecule has 3 aliphatic rings. The number of amides is 2. The number of nitrogens with one attached hydrogen (secondary N) is 1. The number of nitrogens with zero attached hydrogens (tertiary/aromatic N) is 2. The van der Waals surface area contributed by atoms with Gasteiger partial charge in [0.05, 0.1) is 6.54 Å². The maximum atomic E-state index is 13.1. The normalized spacial score (nSPS) is 21.1. The number of benzene rings is 2. The van der Waals surface area contributed by atoms with Crippen LogP contribution in [0.4, 0.5) is 0 Å². The summed E-state index contributed by atoms with van der Waals surface area (Å²) in [5.41, 5.74) is 4.64. The zero-order valence-electron chi connectivity index (χ0n) is 21.5. The lowest BCUT2D eigenvalue weighted by Crippen LogP contribution is -2.49. The van der Waals surface area contributed by atoms with Crippen LogP contribution in [0.3, 0.4) is 0 Å². The van der Waals surface area contributed by atoms with Crippen molar-refractivity contribution in [1.82, 2.24) is 15.1 Å². The Balaban J connectivity index is 1.22. The monoisotopic (exact) mass is 487 g/mol. The van der Waals surface area contributed by atoms with Crippen LogP contribution < -0.4 is 10.1 Å². The molecular weight excluding hydrogens is 450 g/mol. The van der Waals surface area contributed by atoms with Gasteiger partial charge in [-0.2, -0.15) is 0 Å². The lowest BCUT2D eigenvalue weighted by molar-refractivity contribution is -0.126. The van der Waals surface area contributed by atoms with E-state index in [1.54, 1.807) is 4.90 Å². The summed E-state index contributed by atoms with van der Waals surface area (Å²) in [6.07, 6.45) is 3.85. The minimum atomic E-state index is -0.467. The molecule has 0 saturated carbocycles. The van der Waals surface area contributed by atoms with Crippen molar-refractivity contribution in [3.63, 3.8) is 0 Å². The van der Waals surface area contributed by atoms with Crippen LogP contribution in [0.2, 0.25) is 0 Å². The second-order valence-electron chi connectivity index (χ2n) is 10.8. The number of carbonyl (C=O) groups is 2. The Morgan fingerprint density at radius 2 is 1.81 bits per heavy atom. The lowest BCUT2D eigenvalue weighted by Gasteiger charge is -2.33. The molecule has 0 bridgehead atoms. The number of ether oxygens (including phenoxy) is 1. The van der Waals surface area contributed by atoms with Crippen molar-refractivity contribution < 1.29 is 14.3 Å². The summed E-state index contributed by atoms with van der Waals surface area (Å²) >= 11 is 0. The fourth-order valence-corrected chi connectivity index (χ4v) is 5.79. The highest BCUT2D eigenvalue weighted by atomic mass is 16.5. The fourth-order valence-electron chi connectivity index (χ4n) is 5.79. The van der Waals surface area contributed by atoms with E-state index in [1.165, 1.54) is 18.4 Å². The van der Waals surface area contributed by atoms with Gasteiger partial charge in [0.1, 0.15) is 18.4 Å². The van der Waals surface area contributed by atoms with Gasteiger partial charge < -0.3 is 15.0 Å². The Morgan fingerprint density at radius 3 is 2.56 bits per heavy atom. The molecule has 2 amide bonds. The number of hydrogen-bond acceptors (Lipinski definition) is 4. The first-order valence-electron chi connectivity index (χ1n) is 13.2. The third kappa shape index (κ3) is 5.19. The molecule has 1 N–H and O–H groups in total.